The molecule has 3 aromatic rings. The average Bonchev–Trinajstić information content (AvgIpc) is 2.92. The van der Waals surface area contributed by atoms with Crippen molar-refractivity contribution in [3.63, 3.8) is 0 Å². The van der Waals surface area contributed by atoms with Crippen LogP contribution in [0.5, 0.6) is 0 Å². The van der Waals surface area contributed by atoms with Crippen molar-refractivity contribution in [3.05, 3.63) is 94.8 Å². The van der Waals surface area contributed by atoms with Crippen LogP contribution in [0.3, 0.4) is 0 Å². The zero-order valence-corrected chi connectivity index (χ0v) is 24.8. The number of anilines is 1. The van der Waals surface area contributed by atoms with E-state index in [0.717, 1.165) is 21.0 Å². The van der Waals surface area contributed by atoms with Crippen molar-refractivity contribution in [2.24, 2.45) is 0 Å². The Balaban J connectivity index is 2.06. The molecule has 9 heteroatoms. The first-order valence-corrected chi connectivity index (χ1v) is 14.8. The van der Waals surface area contributed by atoms with E-state index in [1.165, 1.54) is 23.1 Å². The molecule has 0 saturated heterocycles. The second-order valence-electron chi connectivity index (χ2n) is 10.2. The molecule has 0 aliphatic heterocycles. The molecule has 3 aromatic carbocycles. The number of sulfonamides is 1. The van der Waals surface area contributed by atoms with Crippen molar-refractivity contribution in [2.75, 3.05) is 10.8 Å². The van der Waals surface area contributed by atoms with Gasteiger partial charge in [-0.1, -0.05) is 48.9 Å². The molecule has 0 spiro atoms. The molecule has 0 aliphatic rings. The van der Waals surface area contributed by atoms with E-state index in [-0.39, 0.29) is 23.0 Å². The van der Waals surface area contributed by atoms with Crippen molar-refractivity contribution in [1.82, 2.24) is 10.2 Å². The predicted molar refractivity (Wildman–Crippen MR) is 156 cm³/mol. The first kappa shape index (κ1) is 30.8. The summed E-state index contributed by atoms with van der Waals surface area (Å²) >= 11 is 0. The molecular weight excluding hydrogens is 529 g/mol. The van der Waals surface area contributed by atoms with Gasteiger partial charge in [-0.15, -0.1) is 0 Å². The number of rotatable bonds is 11. The molecule has 0 heterocycles. The number of nitrogens with zero attached hydrogens (tertiary/aromatic N) is 2. The Bertz CT molecular complexity index is 1460. The number of benzene rings is 3. The number of carbonyl (C=O) groups excluding carboxylic acids is 2. The molecule has 1 N–H and O–H groups in total. The van der Waals surface area contributed by atoms with Crippen LogP contribution in [0.4, 0.5) is 10.1 Å². The highest BCUT2D eigenvalue weighted by atomic mass is 32.2. The maximum Gasteiger partial charge on any atom is 0.264 e. The summed E-state index contributed by atoms with van der Waals surface area (Å²) in [5.41, 5.74) is 3.26. The quantitative estimate of drug-likeness (QED) is 0.342. The summed E-state index contributed by atoms with van der Waals surface area (Å²) in [5, 5.41) is 2.87. The molecule has 2 amide bonds. The van der Waals surface area contributed by atoms with E-state index in [1.807, 2.05) is 34.6 Å². The van der Waals surface area contributed by atoms with Crippen molar-refractivity contribution in [1.29, 1.82) is 0 Å². The number of carbonyl (C=O) groups is 2. The Morgan fingerprint density at radius 3 is 2.17 bits per heavy atom. The van der Waals surface area contributed by atoms with E-state index in [9.17, 15) is 22.4 Å². The van der Waals surface area contributed by atoms with Gasteiger partial charge in [0, 0.05) is 18.2 Å². The van der Waals surface area contributed by atoms with Crippen molar-refractivity contribution < 1.29 is 22.4 Å². The van der Waals surface area contributed by atoms with Gasteiger partial charge in [-0.2, -0.15) is 0 Å². The lowest BCUT2D eigenvalue weighted by atomic mass is 10.1. The SMILES string of the molecule is CC[C@H](C)NC(=O)[C@H](C)N(Cc1ccccc1F)C(=O)CN(c1ccc(C)c(C)c1)S(=O)(=O)c1ccc(C)cc1. The summed E-state index contributed by atoms with van der Waals surface area (Å²) in [5.74, 6) is -1.56. The van der Waals surface area contributed by atoms with Gasteiger partial charge in [0.25, 0.3) is 10.0 Å². The second kappa shape index (κ2) is 13.1. The minimum atomic E-state index is -4.17. The molecule has 0 radical (unpaired) electrons. The number of amides is 2. The monoisotopic (exact) mass is 567 g/mol. The largest absolute Gasteiger partial charge is 0.352 e. The summed E-state index contributed by atoms with van der Waals surface area (Å²) in [6.45, 7) is 10.2. The topological polar surface area (TPSA) is 86.8 Å². The Kier molecular flexibility index (Phi) is 10.1. The molecular formula is C31H38FN3O4S. The molecule has 0 saturated carbocycles. The van der Waals surface area contributed by atoms with Gasteiger partial charge in [0.05, 0.1) is 10.6 Å². The third-order valence-electron chi connectivity index (χ3n) is 7.13. The molecule has 2 atom stereocenters. The molecule has 0 aliphatic carbocycles. The zero-order chi connectivity index (χ0) is 29.6. The third-order valence-corrected chi connectivity index (χ3v) is 8.92. The van der Waals surface area contributed by atoms with Crippen LogP contribution < -0.4 is 9.62 Å². The lowest BCUT2D eigenvalue weighted by Crippen LogP contribution is -2.52. The van der Waals surface area contributed by atoms with Crippen LogP contribution in [0.15, 0.2) is 71.6 Å². The van der Waals surface area contributed by atoms with E-state index < -0.39 is 40.2 Å². The summed E-state index contributed by atoms with van der Waals surface area (Å²) < 4.78 is 43.5. The van der Waals surface area contributed by atoms with Gasteiger partial charge in [-0.3, -0.25) is 13.9 Å². The number of halogens is 1. The van der Waals surface area contributed by atoms with Crippen LogP contribution >= 0.6 is 0 Å². The lowest BCUT2D eigenvalue weighted by Gasteiger charge is -2.32. The molecule has 40 heavy (non-hydrogen) atoms. The highest BCUT2D eigenvalue weighted by Crippen LogP contribution is 2.27. The smallest absolute Gasteiger partial charge is 0.264 e. The first-order chi connectivity index (χ1) is 18.8. The van der Waals surface area contributed by atoms with E-state index in [1.54, 1.807) is 55.5 Å². The van der Waals surface area contributed by atoms with Gasteiger partial charge in [0.1, 0.15) is 18.4 Å². The van der Waals surface area contributed by atoms with Crippen LogP contribution in [0, 0.1) is 26.6 Å². The van der Waals surface area contributed by atoms with Crippen molar-refractivity contribution >= 4 is 27.5 Å². The molecule has 0 unspecified atom stereocenters. The Labute approximate surface area is 237 Å². The minimum Gasteiger partial charge on any atom is -0.352 e. The lowest BCUT2D eigenvalue weighted by molar-refractivity contribution is -0.139. The molecule has 3 rings (SSSR count). The average molecular weight is 568 g/mol. The van der Waals surface area contributed by atoms with E-state index in [4.69, 9.17) is 0 Å². The summed E-state index contributed by atoms with van der Waals surface area (Å²) in [7, 11) is -4.17. The molecule has 7 nitrogen and oxygen atoms in total. The molecule has 214 valence electrons. The number of aryl methyl sites for hydroxylation is 3. The third kappa shape index (κ3) is 7.27. The van der Waals surface area contributed by atoms with Crippen LogP contribution in [0.2, 0.25) is 0 Å². The van der Waals surface area contributed by atoms with Crippen molar-refractivity contribution in [3.8, 4) is 0 Å². The van der Waals surface area contributed by atoms with Gasteiger partial charge in [0.2, 0.25) is 11.8 Å². The van der Waals surface area contributed by atoms with Crippen LogP contribution in [-0.4, -0.2) is 43.8 Å². The maximum atomic E-state index is 14.7. The van der Waals surface area contributed by atoms with E-state index >= 15 is 0 Å². The molecule has 0 aromatic heterocycles. The minimum absolute atomic E-state index is 0.0346. The normalized spacial score (nSPS) is 12.9. The summed E-state index contributed by atoms with van der Waals surface area (Å²) in [6.07, 6.45) is 0.690. The molecule has 0 fully saturated rings. The van der Waals surface area contributed by atoms with Crippen LogP contribution in [0.1, 0.15) is 49.4 Å². The fourth-order valence-corrected chi connectivity index (χ4v) is 5.51. The molecule has 0 bridgehead atoms. The second-order valence-corrected chi connectivity index (χ2v) is 12.1. The zero-order valence-electron chi connectivity index (χ0n) is 23.9. The highest BCUT2D eigenvalue weighted by molar-refractivity contribution is 7.92. The van der Waals surface area contributed by atoms with Gasteiger partial charge in [0.15, 0.2) is 0 Å². The van der Waals surface area contributed by atoms with E-state index in [0.29, 0.717) is 12.1 Å². The fraction of sp³-hybridized carbons (Fsp3) is 0.355. The maximum absolute atomic E-state index is 14.7. The number of hydrogen-bond donors (Lipinski definition) is 1. The van der Waals surface area contributed by atoms with Gasteiger partial charge < -0.3 is 10.2 Å². The predicted octanol–water partition coefficient (Wildman–Crippen LogP) is 5.28. The summed E-state index contributed by atoms with van der Waals surface area (Å²) in [4.78, 5) is 28.3. The van der Waals surface area contributed by atoms with Crippen LogP contribution in [0.25, 0.3) is 0 Å². The Hall–Kier alpha value is -3.72. The standard InChI is InChI=1S/C31H38FN3O4S/c1-7-24(5)33-31(37)25(6)34(19-26-10-8-9-11-29(26)32)30(36)20-35(27-15-14-22(3)23(4)18-27)40(38,39)28-16-12-21(2)13-17-28/h8-18,24-25H,7,19-20H2,1-6H3,(H,33,37)/t24-,25-/m0/s1. The Morgan fingerprint density at radius 1 is 0.925 bits per heavy atom. The number of hydrogen-bond acceptors (Lipinski definition) is 4. The van der Waals surface area contributed by atoms with Gasteiger partial charge >= 0.3 is 0 Å². The number of nitrogens with one attached hydrogen (secondary N) is 1. The van der Waals surface area contributed by atoms with Gasteiger partial charge in [-0.25, -0.2) is 12.8 Å². The summed E-state index contributed by atoms with van der Waals surface area (Å²) in [6, 6.07) is 16.5. The Morgan fingerprint density at radius 2 is 1.57 bits per heavy atom. The van der Waals surface area contributed by atoms with Gasteiger partial charge in [-0.05, 0) is 82.5 Å². The fourth-order valence-electron chi connectivity index (χ4n) is 4.11. The van der Waals surface area contributed by atoms with E-state index in [2.05, 4.69) is 5.32 Å². The first-order valence-electron chi connectivity index (χ1n) is 13.3. The highest BCUT2D eigenvalue weighted by Gasteiger charge is 2.33. The van der Waals surface area contributed by atoms with Crippen molar-refractivity contribution in [2.45, 2.75) is 71.5 Å². The van der Waals surface area contributed by atoms with Crippen LogP contribution in [-0.2, 0) is 26.2 Å².